The molecule has 2 fully saturated rings. The molecule has 2 unspecified atom stereocenters. The maximum atomic E-state index is 13.6. The number of benzene rings is 2. The van der Waals surface area contributed by atoms with E-state index in [4.69, 9.17) is 19.5 Å². The minimum Gasteiger partial charge on any atom is -0.453 e. The van der Waals surface area contributed by atoms with Gasteiger partial charge in [0.05, 0.1) is 55.6 Å². The molecule has 2 aromatic carbocycles. The average molecular weight is 768 g/mol. The quantitative estimate of drug-likeness (QED) is 0.190. The highest BCUT2D eigenvalue weighted by molar-refractivity contribution is 5.97. The summed E-state index contributed by atoms with van der Waals surface area (Å²) in [6.07, 6.45) is 3.95. The molecule has 0 spiro atoms. The van der Waals surface area contributed by atoms with Gasteiger partial charge >= 0.3 is 12.2 Å². The highest BCUT2D eigenvalue weighted by Crippen LogP contribution is 2.31. The number of hydrogen-bond donors (Lipinski definition) is 5. The lowest BCUT2D eigenvalue weighted by Gasteiger charge is -2.34. The zero-order valence-corrected chi connectivity index (χ0v) is 32.9. The number of aromatic nitrogens is 1. The van der Waals surface area contributed by atoms with E-state index in [2.05, 4.69) is 63.0 Å². The van der Waals surface area contributed by atoms with Crippen molar-refractivity contribution in [2.75, 3.05) is 33.9 Å². The summed E-state index contributed by atoms with van der Waals surface area (Å²) in [5.41, 5.74) is 4.78. The van der Waals surface area contributed by atoms with Gasteiger partial charge < -0.3 is 45.9 Å². The Balaban J connectivity index is 1.01. The van der Waals surface area contributed by atoms with Gasteiger partial charge in [0, 0.05) is 30.1 Å². The summed E-state index contributed by atoms with van der Waals surface area (Å²) >= 11 is 0. The molecule has 56 heavy (non-hydrogen) atoms. The number of alkyl carbamates (subject to hydrolysis) is 2. The molecule has 1 aromatic heterocycles. The number of aliphatic imine (C=N–C) groups is 1. The normalized spacial score (nSPS) is 23.0. The number of methoxy groups -OCH3 is 2. The molecule has 4 aliphatic heterocycles. The summed E-state index contributed by atoms with van der Waals surface area (Å²) in [6.45, 7) is 9.44. The lowest BCUT2D eigenvalue weighted by atomic mass is 10.0. The molecule has 5 N–H and O–H groups in total. The molecule has 5 heterocycles. The number of likely N-dealkylation sites (tertiary alicyclic amines) is 2. The number of ether oxygens (including phenoxy) is 2. The fourth-order valence-corrected chi connectivity index (χ4v) is 8.36. The summed E-state index contributed by atoms with van der Waals surface area (Å²) < 4.78 is 9.55. The van der Waals surface area contributed by atoms with Crippen LogP contribution in [0.15, 0.2) is 53.7 Å². The topological polar surface area (TPSA) is 179 Å². The first-order valence-electron chi connectivity index (χ1n) is 19.6. The number of fused-ring (bicyclic) bond motifs is 2. The Morgan fingerprint density at radius 1 is 0.786 bits per heavy atom. The number of amidine groups is 1. The number of rotatable bonds is 10. The van der Waals surface area contributed by atoms with Gasteiger partial charge in [-0.1, -0.05) is 45.9 Å². The van der Waals surface area contributed by atoms with Crippen LogP contribution in [0.2, 0.25) is 0 Å². The minimum atomic E-state index is -0.681. The van der Waals surface area contributed by atoms with Crippen molar-refractivity contribution in [1.29, 1.82) is 0 Å². The highest BCUT2D eigenvalue weighted by Gasteiger charge is 2.41. The molecule has 7 rings (SSSR count). The Hall–Kier alpha value is -5.60. The molecule has 15 nitrogen and oxygen atoms in total. The molecule has 4 aliphatic rings. The summed E-state index contributed by atoms with van der Waals surface area (Å²) in [4.78, 5) is 64.8. The maximum absolute atomic E-state index is 13.6. The molecule has 4 amide bonds. The molecule has 0 saturated carbocycles. The SMILES string of the molecule is COC(=O)N[C@H](C(=O)N1CCC[C@H]1C1=NCC(c2ccc3cc4cc(C5=CNC([C@@H]6CCCN6C(=O)[C@@H](NC(=O)OC)C(C)C)N5)ccc4nc3c2)N1)C(C)C. The number of amides is 4. The first-order chi connectivity index (χ1) is 26.9. The maximum Gasteiger partial charge on any atom is 0.407 e. The molecule has 0 bridgehead atoms. The van der Waals surface area contributed by atoms with Crippen molar-refractivity contribution in [3.63, 3.8) is 0 Å². The monoisotopic (exact) mass is 767 g/mol. The first-order valence-corrected chi connectivity index (χ1v) is 19.6. The zero-order valence-electron chi connectivity index (χ0n) is 32.9. The Kier molecular flexibility index (Phi) is 11.2. The zero-order chi connectivity index (χ0) is 39.7. The van der Waals surface area contributed by atoms with Crippen LogP contribution in [0.4, 0.5) is 9.59 Å². The van der Waals surface area contributed by atoms with Crippen LogP contribution in [0.5, 0.6) is 0 Å². The first kappa shape index (κ1) is 38.7. The second-order valence-electron chi connectivity index (χ2n) is 15.8. The minimum absolute atomic E-state index is 0.0480. The van der Waals surface area contributed by atoms with Crippen molar-refractivity contribution < 1.29 is 28.7 Å². The van der Waals surface area contributed by atoms with Crippen LogP contribution < -0.4 is 26.6 Å². The van der Waals surface area contributed by atoms with Crippen molar-refractivity contribution >= 4 is 57.3 Å². The smallest absolute Gasteiger partial charge is 0.407 e. The largest absolute Gasteiger partial charge is 0.453 e. The van der Waals surface area contributed by atoms with Crippen molar-refractivity contribution in [3.8, 4) is 0 Å². The Bertz CT molecular complexity index is 2070. The van der Waals surface area contributed by atoms with Crippen LogP contribution in [0.3, 0.4) is 0 Å². The van der Waals surface area contributed by atoms with Gasteiger partial charge in [0.2, 0.25) is 11.8 Å². The third-order valence-electron chi connectivity index (χ3n) is 11.4. The molecular weight excluding hydrogens is 715 g/mol. The van der Waals surface area contributed by atoms with E-state index in [1.165, 1.54) is 14.2 Å². The molecule has 3 aromatic rings. The number of nitrogens with zero attached hydrogens (tertiary/aromatic N) is 4. The van der Waals surface area contributed by atoms with Gasteiger partial charge in [0.15, 0.2) is 0 Å². The van der Waals surface area contributed by atoms with E-state index in [9.17, 15) is 19.2 Å². The van der Waals surface area contributed by atoms with Gasteiger partial charge in [-0.2, -0.15) is 0 Å². The standard InChI is InChI=1S/C41H53N9O6/c1-22(2)34(47-40(53)55-5)38(51)49-15-7-9-32(49)36-42-20-30(45-36)25-13-14-28-27(18-25)17-24-11-12-26(19-29(24)44-28)31-21-43-37(46-31)33-10-8-16-50(33)39(52)35(23(3)4)48-41(54)56-6/h11-14,17-20,22-23,31-36,42,45H,7-10,15-16,21H2,1-6H3,(H,43,46)(H,47,53)(H,48,54)/t31?,32-,33-,34-,35-,36?/m0/s1. The van der Waals surface area contributed by atoms with Crippen molar-refractivity contribution in [3.05, 3.63) is 59.8 Å². The van der Waals surface area contributed by atoms with E-state index < -0.39 is 24.3 Å². The molecular formula is C41H53N9O6. The highest BCUT2D eigenvalue weighted by atomic mass is 16.5. The number of carbonyl (C=O) groups excluding carboxylic acids is 4. The van der Waals surface area contributed by atoms with E-state index in [-0.39, 0.29) is 47.9 Å². The summed E-state index contributed by atoms with van der Waals surface area (Å²) in [5, 5.41) is 18.1. The van der Waals surface area contributed by atoms with E-state index in [0.29, 0.717) is 19.6 Å². The second-order valence-corrected chi connectivity index (χ2v) is 15.8. The summed E-state index contributed by atoms with van der Waals surface area (Å²) in [6, 6.07) is 13.0. The number of nitrogens with one attached hydrogen (secondary N) is 5. The van der Waals surface area contributed by atoms with Gasteiger partial charge in [-0.25, -0.2) is 14.6 Å². The van der Waals surface area contributed by atoms with Crippen molar-refractivity contribution in [2.24, 2.45) is 16.8 Å². The number of hydrogen-bond acceptors (Lipinski definition) is 11. The molecule has 298 valence electrons. The number of pyridine rings is 1. The van der Waals surface area contributed by atoms with Crippen LogP contribution in [0.1, 0.15) is 70.5 Å². The third kappa shape index (κ3) is 7.76. The Morgan fingerprint density at radius 2 is 1.46 bits per heavy atom. The van der Waals surface area contributed by atoms with Gasteiger partial charge in [0.1, 0.15) is 24.1 Å². The fourth-order valence-electron chi connectivity index (χ4n) is 8.36. The summed E-state index contributed by atoms with van der Waals surface area (Å²) in [5.74, 6) is 0.380. The lowest BCUT2D eigenvalue weighted by Crippen LogP contribution is -2.57. The van der Waals surface area contributed by atoms with Gasteiger partial charge in [-0.05, 0) is 72.9 Å². The molecule has 6 atom stereocenters. The van der Waals surface area contributed by atoms with Crippen molar-refractivity contribution in [1.82, 2.24) is 41.4 Å². The predicted octanol–water partition coefficient (Wildman–Crippen LogP) is 3.99. The van der Waals surface area contributed by atoms with Crippen molar-refractivity contribution in [2.45, 2.75) is 89.8 Å². The van der Waals surface area contributed by atoms with Crippen LogP contribution in [-0.2, 0) is 19.1 Å². The van der Waals surface area contributed by atoms with Gasteiger partial charge in [-0.15, -0.1) is 0 Å². The van der Waals surface area contributed by atoms with Crippen LogP contribution >= 0.6 is 0 Å². The number of carbonyl (C=O) groups is 4. The molecule has 0 radical (unpaired) electrons. The Morgan fingerprint density at radius 3 is 2.16 bits per heavy atom. The van der Waals surface area contributed by atoms with Crippen LogP contribution in [0.25, 0.3) is 27.5 Å². The van der Waals surface area contributed by atoms with Gasteiger partial charge in [-0.3, -0.25) is 14.6 Å². The van der Waals surface area contributed by atoms with E-state index in [0.717, 1.165) is 70.1 Å². The second kappa shape index (κ2) is 16.2. The molecule has 0 aliphatic carbocycles. The van der Waals surface area contributed by atoms with Gasteiger partial charge in [0.25, 0.3) is 0 Å². The molecule has 2 saturated heterocycles. The third-order valence-corrected chi connectivity index (χ3v) is 11.4. The summed E-state index contributed by atoms with van der Waals surface area (Å²) in [7, 11) is 2.59. The fraction of sp³-hybridized carbons (Fsp3) is 0.512. The molecule has 15 heteroatoms. The Labute approximate surface area is 327 Å². The van der Waals surface area contributed by atoms with E-state index in [1.54, 1.807) is 0 Å². The average Bonchev–Trinajstić information content (AvgIpc) is 4.03. The lowest BCUT2D eigenvalue weighted by molar-refractivity contribution is -0.136. The van der Waals surface area contributed by atoms with E-state index >= 15 is 0 Å². The van der Waals surface area contributed by atoms with E-state index in [1.807, 2.05) is 49.8 Å². The van der Waals surface area contributed by atoms with Crippen LogP contribution in [-0.4, -0.2) is 109 Å². The predicted molar refractivity (Wildman–Crippen MR) is 213 cm³/mol. The van der Waals surface area contributed by atoms with Crippen LogP contribution in [0, 0.1) is 11.8 Å².